The number of thiazole rings is 1. The molecule has 118 valence electrons. The molecule has 1 heterocycles. The Morgan fingerprint density at radius 2 is 2.00 bits per heavy atom. The Hall–Kier alpha value is -2.37. The highest BCUT2D eigenvalue weighted by atomic mass is 32.1. The minimum absolute atomic E-state index is 0.398. The van der Waals surface area contributed by atoms with Crippen LogP contribution in [-0.2, 0) is 0 Å². The summed E-state index contributed by atoms with van der Waals surface area (Å²) in [4.78, 5) is 4.55. The SMILES string of the molecule is COc1cccc(C(O)CNc2nc(-c3ccccc3)cs2)c1. The molecule has 0 amide bonds. The predicted molar refractivity (Wildman–Crippen MR) is 94.0 cm³/mol. The smallest absolute Gasteiger partial charge is 0.183 e. The van der Waals surface area contributed by atoms with E-state index in [-0.39, 0.29) is 0 Å². The van der Waals surface area contributed by atoms with E-state index in [0.717, 1.165) is 27.7 Å². The van der Waals surface area contributed by atoms with Gasteiger partial charge in [-0.3, -0.25) is 0 Å². The van der Waals surface area contributed by atoms with E-state index in [1.807, 2.05) is 60.0 Å². The Balaban J connectivity index is 1.63. The summed E-state index contributed by atoms with van der Waals surface area (Å²) in [6.07, 6.45) is -0.617. The fourth-order valence-electron chi connectivity index (χ4n) is 2.25. The van der Waals surface area contributed by atoms with Gasteiger partial charge in [-0.25, -0.2) is 4.98 Å². The molecule has 0 spiro atoms. The highest BCUT2D eigenvalue weighted by Gasteiger charge is 2.10. The van der Waals surface area contributed by atoms with Crippen molar-refractivity contribution in [3.05, 3.63) is 65.5 Å². The summed E-state index contributed by atoms with van der Waals surface area (Å²) in [7, 11) is 1.62. The molecule has 0 aliphatic rings. The van der Waals surface area contributed by atoms with E-state index in [0.29, 0.717) is 6.54 Å². The molecule has 0 saturated heterocycles. The molecule has 0 aliphatic heterocycles. The molecule has 0 radical (unpaired) electrons. The van der Waals surface area contributed by atoms with Crippen LogP contribution in [0.2, 0.25) is 0 Å². The van der Waals surface area contributed by atoms with Crippen LogP contribution in [0.25, 0.3) is 11.3 Å². The van der Waals surface area contributed by atoms with E-state index in [9.17, 15) is 5.11 Å². The average Bonchev–Trinajstić information content (AvgIpc) is 3.09. The first kappa shape index (κ1) is 15.5. The fraction of sp³-hybridized carbons (Fsp3) is 0.167. The van der Waals surface area contributed by atoms with E-state index >= 15 is 0 Å². The van der Waals surface area contributed by atoms with Crippen LogP contribution >= 0.6 is 11.3 Å². The molecule has 4 nitrogen and oxygen atoms in total. The number of hydrogen-bond donors (Lipinski definition) is 2. The maximum absolute atomic E-state index is 10.3. The van der Waals surface area contributed by atoms with Crippen LogP contribution in [-0.4, -0.2) is 23.7 Å². The van der Waals surface area contributed by atoms with Crippen molar-refractivity contribution in [2.24, 2.45) is 0 Å². The third kappa shape index (κ3) is 3.88. The van der Waals surface area contributed by atoms with Gasteiger partial charge in [-0.2, -0.15) is 0 Å². The van der Waals surface area contributed by atoms with E-state index in [4.69, 9.17) is 4.74 Å². The number of rotatable bonds is 6. The minimum Gasteiger partial charge on any atom is -0.497 e. The van der Waals surface area contributed by atoms with Crippen LogP contribution in [0.5, 0.6) is 5.75 Å². The van der Waals surface area contributed by atoms with Crippen LogP contribution in [0, 0.1) is 0 Å². The molecule has 5 heteroatoms. The van der Waals surface area contributed by atoms with Gasteiger partial charge < -0.3 is 15.2 Å². The molecule has 0 saturated carbocycles. The van der Waals surface area contributed by atoms with Crippen molar-refractivity contribution in [1.29, 1.82) is 0 Å². The van der Waals surface area contributed by atoms with Gasteiger partial charge in [0.05, 0.1) is 18.9 Å². The lowest BCUT2D eigenvalue weighted by Gasteiger charge is -2.12. The Bertz CT molecular complexity index is 758. The fourth-order valence-corrected chi connectivity index (χ4v) is 2.98. The zero-order chi connectivity index (χ0) is 16.1. The number of methoxy groups -OCH3 is 1. The lowest BCUT2D eigenvalue weighted by Crippen LogP contribution is -2.12. The molecule has 1 atom stereocenters. The van der Waals surface area contributed by atoms with Crippen molar-refractivity contribution in [3.63, 3.8) is 0 Å². The predicted octanol–water partition coefficient (Wildman–Crippen LogP) is 3.96. The number of aromatic nitrogens is 1. The summed E-state index contributed by atoms with van der Waals surface area (Å²) in [5.74, 6) is 0.738. The maximum Gasteiger partial charge on any atom is 0.183 e. The molecule has 0 bridgehead atoms. The van der Waals surface area contributed by atoms with Crippen molar-refractivity contribution in [2.45, 2.75) is 6.10 Å². The second-order valence-electron chi connectivity index (χ2n) is 5.08. The van der Waals surface area contributed by atoms with Gasteiger partial charge in [0.2, 0.25) is 0 Å². The number of nitrogens with zero attached hydrogens (tertiary/aromatic N) is 1. The van der Waals surface area contributed by atoms with Crippen LogP contribution in [0.1, 0.15) is 11.7 Å². The van der Waals surface area contributed by atoms with Crippen LogP contribution in [0.15, 0.2) is 60.0 Å². The van der Waals surface area contributed by atoms with Gasteiger partial charge in [0.25, 0.3) is 0 Å². The number of aliphatic hydroxyl groups is 1. The third-order valence-corrected chi connectivity index (χ3v) is 4.30. The molecule has 3 rings (SSSR count). The largest absolute Gasteiger partial charge is 0.497 e. The molecular formula is C18H18N2O2S. The van der Waals surface area contributed by atoms with E-state index < -0.39 is 6.10 Å². The molecule has 23 heavy (non-hydrogen) atoms. The van der Waals surface area contributed by atoms with Gasteiger partial charge in [0.1, 0.15) is 5.75 Å². The first-order chi connectivity index (χ1) is 11.3. The van der Waals surface area contributed by atoms with Gasteiger partial charge in [0.15, 0.2) is 5.13 Å². The average molecular weight is 326 g/mol. The van der Waals surface area contributed by atoms with Gasteiger partial charge in [-0.1, -0.05) is 42.5 Å². The minimum atomic E-state index is -0.617. The molecule has 2 aromatic carbocycles. The number of nitrogens with one attached hydrogen (secondary N) is 1. The lowest BCUT2D eigenvalue weighted by atomic mass is 10.1. The van der Waals surface area contributed by atoms with Crippen LogP contribution < -0.4 is 10.1 Å². The van der Waals surface area contributed by atoms with Gasteiger partial charge in [0, 0.05) is 17.5 Å². The topological polar surface area (TPSA) is 54.4 Å². The Morgan fingerprint density at radius 1 is 1.17 bits per heavy atom. The summed E-state index contributed by atoms with van der Waals surface area (Å²) < 4.78 is 5.18. The molecule has 0 aliphatic carbocycles. The lowest BCUT2D eigenvalue weighted by molar-refractivity contribution is 0.191. The number of hydrogen-bond acceptors (Lipinski definition) is 5. The Kier molecular flexibility index (Phi) is 4.90. The van der Waals surface area contributed by atoms with Gasteiger partial charge in [-0.15, -0.1) is 11.3 Å². The quantitative estimate of drug-likeness (QED) is 0.720. The summed E-state index contributed by atoms with van der Waals surface area (Å²) >= 11 is 1.53. The molecule has 2 N–H and O–H groups in total. The van der Waals surface area contributed by atoms with Gasteiger partial charge in [-0.05, 0) is 17.7 Å². The zero-order valence-corrected chi connectivity index (χ0v) is 13.6. The highest BCUT2D eigenvalue weighted by molar-refractivity contribution is 7.14. The molecule has 0 fully saturated rings. The standard InChI is InChI=1S/C18H18N2O2S/c1-22-15-9-5-8-14(10-15)17(21)11-19-18-20-16(12-23-18)13-6-3-2-4-7-13/h2-10,12,17,21H,11H2,1H3,(H,19,20). The number of aliphatic hydroxyl groups excluding tert-OH is 1. The van der Waals surface area contributed by atoms with Crippen molar-refractivity contribution >= 4 is 16.5 Å². The highest BCUT2D eigenvalue weighted by Crippen LogP contribution is 2.25. The van der Waals surface area contributed by atoms with Gasteiger partial charge >= 0.3 is 0 Å². The molecule has 1 aromatic heterocycles. The third-order valence-electron chi connectivity index (χ3n) is 3.50. The molecule has 3 aromatic rings. The zero-order valence-electron chi connectivity index (χ0n) is 12.8. The van der Waals surface area contributed by atoms with E-state index in [1.54, 1.807) is 7.11 Å². The van der Waals surface area contributed by atoms with E-state index in [2.05, 4.69) is 10.3 Å². The second kappa shape index (κ2) is 7.26. The molecule has 1 unspecified atom stereocenters. The van der Waals surface area contributed by atoms with Crippen molar-refractivity contribution < 1.29 is 9.84 Å². The number of benzene rings is 2. The van der Waals surface area contributed by atoms with Crippen molar-refractivity contribution in [2.75, 3.05) is 19.0 Å². The summed E-state index contributed by atoms with van der Waals surface area (Å²) in [5, 5.41) is 16.3. The maximum atomic E-state index is 10.3. The summed E-state index contributed by atoms with van der Waals surface area (Å²) in [5.41, 5.74) is 2.84. The van der Waals surface area contributed by atoms with Crippen molar-refractivity contribution in [1.82, 2.24) is 4.98 Å². The number of anilines is 1. The monoisotopic (exact) mass is 326 g/mol. The summed E-state index contributed by atoms with van der Waals surface area (Å²) in [6.45, 7) is 0.398. The second-order valence-corrected chi connectivity index (χ2v) is 5.94. The van der Waals surface area contributed by atoms with Crippen LogP contribution in [0.4, 0.5) is 5.13 Å². The summed E-state index contributed by atoms with van der Waals surface area (Å²) in [6, 6.07) is 17.5. The normalized spacial score (nSPS) is 11.9. The number of ether oxygens (including phenoxy) is 1. The van der Waals surface area contributed by atoms with Crippen molar-refractivity contribution in [3.8, 4) is 17.0 Å². The Morgan fingerprint density at radius 3 is 2.78 bits per heavy atom. The first-order valence-corrected chi connectivity index (χ1v) is 8.21. The van der Waals surface area contributed by atoms with Crippen LogP contribution in [0.3, 0.4) is 0 Å². The molecular weight excluding hydrogens is 308 g/mol. The first-order valence-electron chi connectivity index (χ1n) is 7.33. The van der Waals surface area contributed by atoms with E-state index in [1.165, 1.54) is 11.3 Å². The Labute approximate surface area is 139 Å².